The number of halogens is 2. The van der Waals surface area contributed by atoms with E-state index in [1.165, 1.54) is 12.1 Å². The third kappa shape index (κ3) is 4.43. The molecule has 3 rings (SSSR count). The number of rotatable bonds is 5. The van der Waals surface area contributed by atoms with Crippen LogP contribution in [0.2, 0.25) is 0 Å². The smallest absolute Gasteiger partial charge is 0.127 e. The molecule has 1 aromatic carbocycles. The molecule has 0 bridgehead atoms. The Hall–Kier alpha value is -1.63. The van der Waals surface area contributed by atoms with E-state index in [2.05, 4.69) is 19.8 Å². The van der Waals surface area contributed by atoms with Crippen molar-refractivity contribution in [3.05, 3.63) is 48.3 Å². The average molecular weight is 341 g/mol. The van der Waals surface area contributed by atoms with Gasteiger partial charge in [0.2, 0.25) is 0 Å². The minimum Gasteiger partial charge on any atom is -0.492 e. The first-order valence-electron chi connectivity index (χ1n) is 7.54. The Balaban J connectivity index is 0.00000192. The van der Waals surface area contributed by atoms with E-state index in [0.29, 0.717) is 12.4 Å². The Morgan fingerprint density at radius 3 is 3.04 bits per heavy atom. The largest absolute Gasteiger partial charge is 0.492 e. The number of aromatic nitrogens is 2. The Labute approximate surface area is 141 Å². The number of piperazine rings is 1. The fraction of sp³-hybridized carbons (Fsp3) is 0.438. The third-order valence-corrected chi connectivity index (χ3v) is 3.95. The number of imidazole rings is 1. The van der Waals surface area contributed by atoms with Crippen LogP contribution in [0, 0.1) is 5.82 Å². The van der Waals surface area contributed by atoms with Crippen molar-refractivity contribution >= 4 is 12.4 Å². The number of ether oxygens (including phenoxy) is 1. The number of nitrogens with one attached hydrogen (secondary N) is 1. The van der Waals surface area contributed by atoms with Crippen LogP contribution < -0.4 is 10.1 Å². The quantitative estimate of drug-likeness (QED) is 0.904. The van der Waals surface area contributed by atoms with Crippen LogP contribution in [0.1, 0.15) is 11.9 Å². The third-order valence-electron chi connectivity index (χ3n) is 3.95. The molecule has 2 aromatic rings. The van der Waals surface area contributed by atoms with E-state index in [1.807, 2.05) is 19.4 Å². The van der Waals surface area contributed by atoms with Gasteiger partial charge in [0.1, 0.15) is 24.0 Å². The molecule has 0 aliphatic carbocycles. The summed E-state index contributed by atoms with van der Waals surface area (Å²) in [6.07, 6.45) is 3.79. The highest BCUT2D eigenvalue weighted by Gasteiger charge is 2.26. The normalized spacial score (nSPS) is 18.4. The van der Waals surface area contributed by atoms with Crippen LogP contribution in [0.3, 0.4) is 0 Å². The lowest BCUT2D eigenvalue weighted by atomic mass is 10.2. The van der Waals surface area contributed by atoms with Gasteiger partial charge in [-0.25, -0.2) is 9.37 Å². The van der Waals surface area contributed by atoms with Gasteiger partial charge in [0.25, 0.3) is 0 Å². The van der Waals surface area contributed by atoms with Crippen molar-refractivity contribution in [1.29, 1.82) is 0 Å². The summed E-state index contributed by atoms with van der Waals surface area (Å²) in [5, 5.41) is 3.41. The molecule has 1 saturated heterocycles. The Kier molecular flexibility index (Phi) is 6.38. The molecule has 1 fully saturated rings. The van der Waals surface area contributed by atoms with Gasteiger partial charge in [-0.15, -0.1) is 12.4 Å². The van der Waals surface area contributed by atoms with Crippen molar-refractivity contribution in [2.24, 2.45) is 7.05 Å². The maximum Gasteiger partial charge on any atom is 0.127 e. The van der Waals surface area contributed by atoms with Crippen molar-refractivity contribution in [1.82, 2.24) is 19.8 Å². The summed E-state index contributed by atoms with van der Waals surface area (Å²) in [5.74, 6) is 1.35. The molecule has 2 heterocycles. The molecule has 1 unspecified atom stereocenters. The Morgan fingerprint density at radius 1 is 1.43 bits per heavy atom. The molecule has 1 aliphatic rings. The lowest BCUT2D eigenvalue weighted by Gasteiger charge is -2.35. The molecule has 1 aromatic heterocycles. The van der Waals surface area contributed by atoms with Gasteiger partial charge < -0.3 is 14.6 Å². The predicted octanol–water partition coefficient (Wildman–Crippen LogP) is 2.01. The minimum absolute atomic E-state index is 0. The van der Waals surface area contributed by atoms with Crippen molar-refractivity contribution in [3.8, 4) is 5.75 Å². The summed E-state index contributed by atoms with van der Waals surface area (Å²) in [6, 6.07) is 6.50. The van der Waals surface area contributed by atoms with Crippen LogP contribution >= 0.6 is 12.4 Å². The molecular weight excluding hydrogens is 319 g/mol. The molecule has 1 atom stereocenters. The van der Waals surface area contributed by atoms with Gasteiger partial charge in [-0.3, -0.25) is 4.90 Å². The van der Waals surface area contributed by atoms with Crippen molar-refractivity contribution in [2.75, 3.05) is 32.8 Å². The molecule has 5 nitrogen and oxygen atoms in total. The number of aryl methyl sites for hydroxylation is 1. The molecule has 1 aliphatic heterocycles. The van der Waals surface area contributed by atoms with Crippen LogP contribution in [-0.2, 0) is 7.05 Å². The van der Waals surface area contributed by atoms with E-state index < -0.39 is 0 Å². The van der Waals surface area contributed by atoms with Gasteiger partial charge in [-0.1, -0.05) is 6.07 Å². The summed E-state index contributed by atoms with van der Waals surface area (Å²) in [5.41, 5.74) is 0. The number of nitrogens with zero attached hydrogens (tertiary/aromatic N) is 3. The van der Waals surface area contributed by atoms with Gasteiger partial charge in [0.05, 0.1) is 6.04 Å². The lowest BCUT2D eigenvalue weighted by molar-refractivity contribution is 0.127. The molecular formula is C16H22ClFN4O. The zero-order valence-electron chi connectivity index (χ0n) is 13.1. The fourth-order valence-corrected chi connectivity index (χ4v) is 2.80. The van der Waals surface area contributed by atoms with Crippen molar-refractivity contribution in [2.45, 2.75) is 6.04 Å². The molecule has 0 spiro atoms. The number of hydrogen-bond donors (Lipinski definition) is 1. The molecule has 0 saturated carbocycles. The van der Waals surface area contributed by atoms with Crippen LogP contribution in [0.25, 0.3) is 0 Å². The molecule has 0 amide bonds. The highest BCUT2D eigenvalue weighted by Crippen LogP contribution is 2.20. The summed E-state index contributed by atoms with van der Waals surface area (Å²) >= 11 is 0. The van der Waals surface area contributed by atoms with Crippen LogP contribution in [-0.4, -0.2) is 47.2 Å². The van der Waals surface area contributed by atoms with Crippen molar-refractivity contribution < 1.29 is 9.13 Å². The van der Waals surface area contributed by atoms with Gasteiger partial charge in [0.15, 0.2) is 0 Å². The number of hydrogen-bond acceptors (Lipinski definition) is 4. The minimum atomic E-state index is -0.273. The van der Waals surface area contributed by atoms with Crippen LogP contribution in [0.4, 0.5) is 4.39 Å². The first kappa shape index (κ1) is 17.7. The second-order valence-corrected chi connectivity index (χ2v) is 5.46. The topological polar surface area (TPSA) is 42.3 Å². The van der Waals surface area contributed by atoms with Crippen LogP contribution in [0.5, 0.6) is 5.75 Å². The van der Waals surface area contributed by atoms with Gasteiger partial charge in [0, 0.05) is 51.7 Å². The molecule has 7 heteroatoms. The standard InChI is InChI=1S/C16H21FN4O.ClH/c1-20-7-6-19-16(20)15-12-18-5-8-21(15)9-10-22-14-4-2-3-13(17)11-14;/h2-4,6-7,11,15,18H,5,8-10,12H2,1H3;1H. The maximum atomic E-state index is 13.1. The summed E-state index contributed by atoms with van der Waals surface area (Å²) in [6.45, 7) is 4.11. The second kappa shape index (κ2) is 8.29. The number of benzene rings is 1. The molecule has 126 valence electrons. The Bertz CT molecular complexity index is 622. The van der Waals surface area contributed by atoms with Crippen molar-refractivity contribution in [3.63, 3.8) is 0 Å². The summed E-state index contributed by atoms with van der Waals surface area (Å²) in [4.78, 5) is 6.82. The summed E-state index contributed by atoms with van der Waals surface area (Å²) < 4.78 is 20.8. The Morgan fingerprint density at radius 2 is 2.30 bits per heavy atom. The summed E-state index contributed by atoms with van der Waals surface area (Å²) in [7, 11) is 2.01. The molecule has 0 radical (unpaired) electrons. The maximum absolute atomic E-state index is 13.1. The first-order chi connectivity index (χ1) is 10.7. The first-order valence-corrected chi connectivity index (χ1v) is 7.54. The monoisotopic (exact) mass is 340 g/mol. The van der Waals surface area contributed by atoms with Gasteiger partial charge in [-0.05, 0) is 12.1 Å². The van der Waals surface area contributed by atoms with Gasteiger partial charge in [-0.2, -0.15) is 0 Å². The van der Waals surface area contributed by atoms with Gasteiger partial charge >= 0.3 is 0 Å². The fourth-order valence-electron chi connectivity index (χ4n) is 2.80. The highest BCUT2D eigenvalue weighted by atomic mass is 35.5. The molecule has 1 N–H and O–H groups in total. The zero-order chi connectivity index (χ0) is 15.4. The van der Waals surface area contributed by atoms with E-state index in [0.717, 1.165) is 32.0 Å². The second-order valence-electron chi connectivity index (χ2n) is 5.46. The van der Waals surface area contributed by atoms with Crippen LogP contribution in [0.15, 0.2) is 36.7 Å². The lowest BCUT2D eigenvalue weighted by Crippen LogP contribution is -2.48. The van der Waals surface area contributed by atoms with E-state index in [1.54, 1.807) is 12.1 Å². The van der Waals surface area contributed by atoms with E-state index >= 15 is 0 Å². The SMILES string of the molecule is Cl.Cn1ccnc1C1CNCCN1CCOc1cccc(F)c1. The van der Waals surface area contributed by atoms with E-state index in [-0.39, 0.29) is 24.3 Å². The average Bonchev–Trinajstić information content (AvgIpc) is 2.94. The van der Waals surface area contributed by atoms with E-state index in [9.17, 15) is 4.39 Å². The van der Waals surface area contributed by atoms with E-state index in [4.69, 9.17) is 4.74 Å². The zero-order valence-corrected chi connectivity index (χ0v) is 13.9. The predicted molar refractivity (Wildman–Crippen MR) is 89.5 cm³/mol. The highest BCUT2D eigenvalue weighted by molar-refractivity contribution is 5.85. The molecule has 23 heavy (non-hydrogen) atoms.